The van der Waals surface area contributed by atoms with Gasteiger partial charge in [-0.2, -0.15) is 0 Å². The Morgan fingerprint density at radius 3 is 2.68 bits per heavy atom. The van der Waals surface area contributed by atoms with Crippen molar-refractivity contribution in [2.24, 2.45) is 0 Å². The van der Waals surface area contributed by atoms with E-state index >= 15 is 0 Å². The van der Waals surface area contributed by atoms with Crippen LogP contribution in [0.1, 0.15) is 0 Å². The number of benzene rings is 2. The molecule has 1 amide bonds. The first-order valence-corrected chi connectivity index (χ1v) is 9.11. The maximum Gasteiger partial charge on any atom is 0.336 e. The molecule has 4 aromatic rings. The van der Waals surface area contributed by atoms with Gasteiger partial charge in [0.25, 0.3) is 5.22 Å². The Hall–Kier alpha value is -3.46. The number of nitrogens with one attached hydrogen (secondary N) is 1. The van der Waals surface area contributed by atoms with Crippen LogP contribution in [0.3, 0.4) is 0 Å². The zero-order chi connectivity index (χ0) is 19.5. The maximum absolute atomic E-state index is 13.0. The third-order valence-electron chi connectivity index (χ3n) is 3.73. The van der Waals surface area contributed by atoms with E-state index in [1.54, 1.807) is 24.3 Å². The first-order chi connectivity index (χ1) is 13.6. The highest BCUT2D eigenvalue weighted by Crippen LogP contribution is 2.24. The molecule has 1 N–H and O–H groups in total. The average molecular weight is 397 g/mol. The van der Waals surface area contributed by atoms with Gasteiger partial charge in [-0.3, -0.25) is 4.79 Å². The monoisotopic (exact) mass is 397 g/mol. The van der Waals surface area contributed by atoms with Crippen LogP contribution in [0.2, 0.25) is 0 Å². The predicted molar refractivity (Wildman–Crippen MR) is 102 cm³/mol. The number of thioether (sulfide) groups is 1. The zero-order valence-corrected chi connectivity index (χ0v) is 15.0. The van der Waals surface area contributed by atoms with Crippen LogP contribution in [0, 0.1) is 5.82 Å². The van der Waals surface area contributed by atoms with Crippen molar-refractivity contribution in [3.63, 3.8) is 0 Å². The second kappa shape index (κ2) is 7.65. The number of halogens is 1. The predicted octanol–water partition coefficient (Wildman–Crippen LogP) is 3.71. The fraction of sp³-hybridized carbons (Fsp3) is 0.0526. The molecule has 0 spiro atoms. The number of rotatable bonds is 5. The summed E-state index contributed by atoms with van der Waals surface area (Å²) in [7, 11) is 0. The van der Waals surface area contributed by atoms with Gasteiger partial charge in [-0.25, -0.2) is 9.18 Å². The second-order valence-corrected chi connectivity index (χ2v) is 6.65. The van der Waals surface area contributed by atoms with Crippen LogP contribution < -0.4 is 10.9 Å². The lowest BCUT2D eigenvalue weighted by molar-refractivity contribution is -0.113. The normalized spacial score (nSPS) is 10.9. The molecule has 0 fully saturated rings. The van der Waals surface area contributed by atoms with Crippen LogP contribution in [-0.4, -0.2) is 21.9 Å². The van der Waals surface area contributed by atoms with E-state index in [1.165, 1.54) is 30.3 Å². The van der Waals surface area contributed by atoms with Crippen LogP contribution in [0.15, 0.2) is 73.4 Å². The summed E-state index contributed by atoms with van der Waals surface area (Å²) in [6.45, 7) is 0. The second-order valence-electron chi connectivity index (χ2n) is 5.72. The molecule has 0 aliphatic heterocycles. The van der Waals surface area contributed by atoms with Crippen LogP contribution in [0.5, 0.6) is 0 Å². The highest BCUT2D eigenvalue weighted by Gasteiger charge is 2.12. The van der Waals surface area contributed by atoms with E-state index in [0.717, 1.165) is 11.8 Å². The average Bonchev–Trinajstić information content (AvgIpc) is 3.16. The van der Waals surface area contributed by atoms with Crippen LogP contribution >= 0.6 is 11.8 Å². The molecule has 9 heteroatoms. The Morgan fingerprint density at radius 2 is 1.86 bits per heavy atom. The van der Waals surface area contributed by atoms with Gasteiger partial charge in [-0.15, -0.1) is 10.2 Å². The number of carbonyl (C=O) groups excluding carboxylic acids is 1. The van der Waals surface area contributed by atoms with Crippen LogP contribution in [0.4, 0.5) is 10.1 Å². The van der Waals surface area contributed by atoms with E-state index in [0.29, 0.717) is 22.2 Å². The van der Waals surface area contributed by atoms with Crippen molar-refractivity contribution in [1.82, 2.24) is 10.2 Å². The van der Waals surface area contributed by atoms with Gasteiger partial charge >= 0.3 is 5.63 Å². The Bertz CT molecular complexity index is 1200. The van der Waals surface area contributed by atoms with Crippen LogP contribution in [-0.2, 0) is 4.79 Å². The molecule has 0 aliphatic rings. The number of amides is 1. The molecule has 2 aromatic carbocycles. The van der Waals surface area contributed by atoms with Crippen molar-refractivity contribution in [2.45, 2.75) is 5.22 Å². The Kier molecular flexibility index (Phi) is 4.90. The fourth-order valence-corrected chi connectivity index (χ4v) is 3.01. The van der Waals surface area contributed by atoms with Crippen molar-refractivity contribution in [3.05, 3.63) is 70.8 Å². The lowest BCUT2D eigenvalue weighted by atomic mass is 10.2. The first kappa shape index (κ1) is 17.9. The Balaban J connectivity index is 1.37. The van der Waals surface area contributed by atoms with E-state index in [-0.39, 0.29) is 28.6 Å². The summed E-state index contributed by atoms with van der Waals surface area (Å²) >= 11 is 1.09. The topological polar surface area (TPSA) is 98.2 Å². The quantitative estimate of drug-likeness (QED) is 0.405. The van der Waals surface area contributed by atoms with Gasteiger partial charge in [-0.1, -0.05) is 11.8 Å². The van der Waals surface area contributed by atoms with Crippen molar-refractivity contribution in [3.8, 4) is 11.5 Å². The minimum atomic E-state index is -0.430. The standard InChI is InChI=1S/C19H12FN3O4S/c20-13-4-1-11(2-5-13)18-22-23-19(27-18)28-10-16(24)21-14-6-7-15-12(9-14)3-8-17(25)26-15/h1-9H,10H2,(H,21,24). The minimum Gasteiger partial charge on any atom is -0.423 e. The number of anilines is 1. The first-order valence-electron chi connectivity index (χ1n) is 8.13. The maximum atomic E-state index is 13.0. The molecule has 2 aromatic heterocycles. The highest BCUT2D eigenvalue weighted by atomic mass is 32.2. The van der Waals surface area contributed by atoms with Crippen molar-refractivity contribution in [2.75, 3.05) is 11.1 Å². The highest BCUT2D eigenvalue weighted by molar-refractivity contribution is 7.99. The molecule has 2 heterocycles. The van der Waals surface area contributed by atoms with Crippen molar-refractivity contribution >= 4 is 34.3 Å². The Labute approximate surface area is 161 Å². The molecule has 7 nitrogen and oxygen atoms in total. The van der Waals surface area contributed by atoms with Gasteiger partial charge in [-0.05, 0) is 48.5 Å². The number of hydrogen-bond acceptors (Lipinski definition) is 7. The molecule has 0 bridgehead atoms. The molecular weight excluding hydrogens is 385 g/mol. The summed E-state index contributed by atoms with van der Waals surface area (Å²) in [6.07, 6.45) is 0. The summed E-state index contributed by atoms with van der Waals surface area (Å²) in [6, 6.07) is 13.6. The SMILES string of the molecule is O=C(CSc1nnc(-c2ccc(F)cc2)o1)Nc1ccc2oc(=O)ccc2c1. The molecule has 0 saturated carbocycles. The van der Waals surface area contributed by atoms with E-state index in [4.69, 9.17) is 8.83 Å². The molecule has 0 unspecified atom stereocenters. The lowest BCUT2D eigenvalue weighted by Gasteiger charge is -2.05. The third-order valence-corrected chi connectivity index (χ3v) is 4.55. The van der Waals surface area contributed by atoms with Crippen molar-refractivity contribution in [1.29, 1.82) is 0 Å². The van der Waals surface area contributed by atoms with Gasteiger partial charge in [0.2, 0.25) is 11.8 Å². The van der Waals surface area contributed by atoms with Gasteiger partial charge in [0.05, 0.1) is 5.75 Å². The van der Waals surface area contributed by atoms with Gasteiger partial charge < -0.3 is 14.2 Å². The third kappa shape index (κ3) is 4.09. The number of hydrogen-bond donors (Lipinski definition) is 1. The van der Waals surface area contributed by atoms with E-state index in [1.807, 2.05) is 0 Å². The summed E-state index contributed by atoms with van der Waals surface area (Å²) in [5, 5.41) is 11.4. The summed E-state index contributed by atoms with van der Waals surface area (Å²) < 4.78 is 23.5. The summed E-state index contributed by atoms with van der Waals surface area (Å²) in [5.41, 5.74) is 1.18. The summed E-state index contributed by atoms with van der Waals surface area (Å²) in [5.74, 6) is -0.306. The fourth-order valence-electron chi connectivity index (χ4n) is 2.45. The lowest BCUT2D eigenvalue weighted by Crippen LogP contribution is -2.14. The van der Waals surface area contributed by atoms with E-state index in [9.17, 15) is 14.0 Å². The van der Waals surface area contributed by atoms with E-state index in [2.05, 4.69) is 15.5 Å². The molecule has 140 valence electrons. The van der Waals surface area contributed by atoms with Gasteiger partial charge in [0.15, 0.2) is 0 Å². The molecule has 0 radical (unpaired) electrons. The minimum absolute atomic E-state index is 0.0625. The van der Waals surface area contributed by atoms with Crippen molar-refractivity contribution < 1.29 is 18.0 Å². The zero-order valence-electron chi connectivity index (χ0n) is 14.2. The van der Waals surface area contributed by atoms with Gasteiger partial charge in [0.1, 0.15) is 11.4 Å². The van der Waals surface area contributed by atoms with Gasteiger partial charge in [0, 0.05) is 22.7 Å². The summed E-state index contributed by atoms with van der Waals surface area (Å²) in [4.78, 5) is 23.4. The smallest absolute Gasteiger partial charge is 0.336 e. The van der Waals surface area contributed by atoms with Crippen LogP contribution in [0.25, 0.3) is 22.4 Å². The molecular formula is C19H12FN3O4S. The molecule has 0 saturated heterocycles. The number of fused-ring (bicyclic) bond motifs is 1. The number of nitrogens with zero attached hydrogens (tertiary/aromatic N) is 2. The molecule has 28 heavy (non-hydrogen) atoms. The Morgan fingerprint density at radius 1 is 1.04 bits per heavy atom. The largest absolute Gasteiger partial charge is 0.423 e. The number of aromatic nitrogens is 2. The molecule has 4 rings (SSSR count). The number of carbonyl (C=O) groups is 1. The molecule has 0 aliphatic carbocycles. The molecule has 0 atom stereocenters. The van der Waals surface area contributed by atoms with E-state index < -0.39 is 5.63 Å².